The van der Waals surface area contributed by atoms with Crippen molar-refractivity contribution in [3.8, 4) is 0 Å². The molecule has 0 saturated carbocycles. The number of nitrogens with one attached hydrogen (secondary N) is 2. The minimum absolute atomic E-state index is 0.0283. The van der Waals surface area contributed by atoms with Crippen LogP contribution < -0.4 is 10.6 Å². The number of benzene rings is 2. The molecule has 3 rings (SSSR count). The lowest BCUT2D eigenvalue weighted by Crippen LogP contribution is -2.23. The van der Waals surface area contributed by atoms with Gasteiger partial charge in [-0.05, 0) is 37.0 Å². The molecule has 2 aromatic carbocycles. The topological polar surface area (TPSA) is 84.0 Å². The molecule has 0 saturated heterocycles. The van der Waals surface area contributed by atoms with E-state index in [1.54, 1.807) is 12.1 Å². The Morgan fingerprint density at radius 2 is 1.87 bits per heavy atom. The van der Waals surface area contributed by atoms with Crippen molar-refractivity contribution in [2.45, 2.75) is 44.5 Å². The van der Waals surface area contributed by atoms with Gasteiger partial charge in [0.05, 0.1) is 11.8 Å². The number of aromatic nitrogens is 2. The Balaban J connectivity index is 1.58. The van der Waals surface area contributed by atoms with Gasteiger partial charge in [-0.3, -0.25) is 9.59 Å². The van der Waals surface area contributed by atoms with Crippen molar-refractivity contribution < 1.29 is 9.59 Å². The first kappa shape index (κ1) is 23.0. The first-order chi connectivity index (χ1) is 14.9. The monoisotopic (exact) mass is 454 g/mol. The summed E-state index contributed by atoms with van der Waals surface area (Å²) < 4.78 is 0.749. The standard InChI is InChI=1S/C23H26N4O2S2/c1-5-17-8-6-7-14(2)21(17)25-22-26-27-23(31-22)30-13-20(29)19-11-9-18(10-12-19)15(3)24-16(4)28/h6-12,15H,5,13H2,1-4H3,(H,24,28)(H,25,26). The SMILES string of the molecule is CCc1cccc(C)c1Nc1nnc(SCC(=O)c2ccc(C(C)NC(C)=O)cc2)s1. The molecule has 0 radical (unpaired) electrons. The zero-order valence-electron chi connectivity index (χ0n) is 18.1. The molecule has 0 fully saturated rings. The fraction of sp³-hybridized carbons (Fsp3) is 0.304. The molecule has 3 aromatic rings. The largest absolute Gasteiger partial charge is 0.350 e. The van der Waals surface area contributed by atoms with Gasteiger partial charge in [-0.25, -0.2) is 0 Å². The first-order valence-corrected chi connectivity index (χ1v) is 11.9. The summed E-state index contributed by atoms with van der Waals surface area (Å²) in [6, 6.07) is 13.5. The number of carbonyl (C=O) groups is 2. The number of Topliss-reactive ketones (excluding diaryl/α,β-unsaturated/α-hetero) is 1. The maximum absolute atomic E-state index is 12.6. The van der Waals surface area contributed by atoms with E-state index in [0.717, 1.165) is 32.7 Å². The van der Waals surface area contributed by atoms with Crippen LogP contribution in [0, 0.1) is 6.92 Å². The number of hydrogen-bond acceptors (Lipinski definition) is 7. The van der Waals surface area contributed by atoms with Crippen LogP contribution in [0.2, 0.25) is 0 Å². The number of rotatable bonds is 9. The molecule has 6 nitrogen and oxygen atoms in total. The Kier molecular flexibility index (Phi) is 7.81. The van der Waals surface area contributed by atoms with E-state index in [1.807, 2.05) is 19.1 Å². The van der Waals surface area contributed by atoms with Crippen LogP contribution in [0.4, 0.5) is 10.8 Å². The van der Waals surface area contributed by atoms with Gasteiger partial charge in [0.15, 0.2) is 10.1 Å². The van der Waals surface area contributed by atoms with Gasteiger partial charge < -0.3 is 10.6 Å². The van der Waals surface area contributed by atoms with Gasteiger partial charge in [-0.1, -0.05) is 72.5 Å². The Hall–Kier alpha value is -2.71. The van der Waals surface area contributed by atoms with E-state index < -0.39 is 0 Å². The smallest absolute Gasteiger partial charge is 0.217 e. The Labute approximate surface area is 190 Å². The number of para-hydroxylation sites is 1. The third-order valence-corrected chi connectivity index (χ3v) is 6.83. The summed E-state index contributed by atoms with van der Waals surface area (Å²) in [6.07, 6.45) is 0.932. The molecule has 31 heavy (non-hydrogen) atoms. The molecule has 0 aliphatic heterocycles. The Morgan fingerprint density at radius 1 is 1.13 bits per heavy atom. The minimum atomic E-state index is -0.0928. The van der Waals surface area contributed by atoms with Gasteiger partial charge >= 0.3 is 0 Å². The summed E-state index contributed by atoms with van der Waals surface area (Å²) in [7, 11) is 0. The van der Waals surface area contributed by atoms with E-state index in [2.05, 4.69) is 52.9 Å². The number of nitrogens with zero attached hydrogens (tertiary/aromatic N) is 2. The molecule has 0 aliphatic carbocycles. The minimum Gasteiger partial charge on any atom is -0.350 e. The van der Waals surface area contributed by atoms with Crippen molar-refractivity contribution in [2.24, 2.45) is 0 Å². The van der Waals surface area contributed by atoms with Crippen molar-refractivity contribution >= 4 is 45.6 Å². The average molecular weight is 455 g/mol. The summed E-state index contributed by atoms with van der Waals surface area (Å²) in [5, 5.41) is 15.4. The van der Waals surface area contributed by atoms with E-state index in [9.17, 15) is 9.59 Å². The number of ketones is 1. The van der Waals surface area contributed by atoms with E-state index in [-0.39, 0.29) is 17.7 Å². The second-order valence-corrected chi connectivity index (χ2v) is 9.42. The fourth-order valence-electron chi connectivity index (χ4n) is 3.18. The molecular formula is C23H26N4O2S2. The van der Waals surface area contributed by atoms with Gasteiger partial charge in [0.25, 0.3) is 0 Å². The quantitative estimate of drug-likeness (QED) is 0.336. The van der Waals surface area contributed by atoms with Crippen LogP contribution in [-0.4, -0.2) is 27.6 Å². The Bertz CT molecular complexity index is 1060. The lowest BCUT2D eigenvalue weighted by Gasteiger charge is -2.13. The number of anilines is 2. The summed E-state index contributed by atoms with van der Waals surface area (Å²) in [4.78, 5) is 23.7. The zero-order valence-corrected chi connectivity index (χ0v) is 19.7. The number of carbonyl (C=O) groups excluding carboxylic acids is 2. The maximum Gasteiger partial charge on any atom is 0.217 e. The highest BCUT2D eigenvalue weighted by Gasteiger charge is 2.13. The Morgan fingerprint density at radius 3 is 2.55 bits per heavy atom. The molecule has 1 heterocycles. The fourth-order valence-corrected chi connectivity index (χ4v) is 4.83. The number of aryl methyl sites for hydroxylation is 2. The van der Waals surface area contributed by atoms with Gasteiger partial charge in [0, 0.05) is 18.2 Å². The number of thioether (sulfide) groups is 1. The molecular weight excluding hydrogens is 428 g/mol. The number of hydrogen-bond donors (Lipinski definition) is 2. The second-order valence-electron chi connectivity index (χ2n) is 7.22. The summed E-state index contributed by atoms with van der Waals surface area (Å²) in [6.45, 7) is 7.60. The van der Waals surface area contributed by atoms with E-state index in [0.29, 0.717) is 11.3 Å². The van der Waals surface area contributed by atoms with Crippen molar-refractivity contribution in [2.75, 3.05) is 11.1 Å². The molecule has 1 unspecified atom stereocenters. The normalized spacial score (nSPS) is 11.7. The molecule has 0 spiro atoms. The van der Waals surface area contributed by atoms with Crippen LogP contribution in [0.5, 0.6) is 0 Å². The van der Waals surface area contributed by atoms with Crippen molar-refractivity contribution in [1.82, 2.24) is 15.5 Å². The number of amides is 1. The molecule has 1 atom stereocenters. The van der Waals surface area contributed by atoms with E-state index >= 15 is 0 Å². The van der Waals surface area contributed by atoms with E-state index in [1.165, 1.54) is 35.6 Å². The second kappa shape index (κ2) is 10.5. The van der Waals surface area contributed by atoms with Gasteiger partial charge in [0.2, 0.25) is 11.0 Å². The maximum atomic E-state index is 12.6. The molecule has 0 bridgehead atoms. The highest BCUT2D eigenvalue weighted by molar-refractivity contribution is 8.01. The van der Waals surface area contributed by atoms with Crippen molar-refractivity contribution in [3.63, 3.8) is 0 Å². The lowest BCUT2D eigenvalue weighted by atomic mass is 10.0. The molecule has 0 aliphatic rings. The average Bonchev–Trinajstić information content (AvgIpc) is 3.20. The van der Waals surface area contributed by atoms with Crippen LogP contribution in [0.15, 0.2) is 46.8 Å². The van der Waals surface area contributed by atoms with E-state index in [4.69, 9.17) is 0 Å². The molecule has 8 heteroatoms. The van der Waals surface area contributed by atoms with Gasteiger partial charge in [0.1, 0.15) is 0 Å². The third-order valence-electron chi connectivity index (χ3n) is 4.86. The summed E-state index contributed by atoms with van der Waals surface area (Å²) in [5.74, 6) is 0.240. The van der Waals surface area contributed by atoms with Crippen molar-refractivity contribution in [3.05, 3.63) is 64.7 Å². The van der Waals surface area contributed by atoms with Gasteiger partial charge in [-0.2, -0.15) is 0 Å². The predicted octanol–water partition coefficient (Wildman–Crippen LogP) is 5.32. The van der Waals surface area contributed by atoms with Crippen LogP contribution in [-0.2, 0) is 11.2 Å². The van der Waals surface area contributed by atoms with Gasteiger partial charge in [-0.15, -0.1) is 10.2 Å². The highest BCUT2D eigenvalue weighted by Crippen LogP contribution is 2.31. The molecule has 162 valence electrons. The van der Waals surface area contributed by atoms with Crippen LogP contribution in [0.1, 0.15) is 53.9 Å². The predicted molar refractivity (Wildman–Crippen MR) is 127 cm³/mol. The van der Waals surface area contributed by atoms with Crippen LogP contribution >= 0.6 is 23.1 Å². The third kappa shape index (κ3) is 6.15. The van der Waals surface area contributed by atoms with Crippen LogP contribution in [0.25, 0.3) is 0 Å². The lowest BCUT2D eigenvalue weighted by molar-refractivity contribution is -0.119. The summed E-state index contributed by atoms with van der Waals surface area (Å²) >= 11 is 2.83. The first-order valence-electron chi connectivity index (χ1n) is 10.1. The molecule has 2 N–H and O–H groups in total. The van der Waals surface area contributed by atoms with Crippen molar-refractivity contribution in [1.29, 1.82) is 0 Å². The zero-order chi connectivity index (χ0) is 22.4. The van der Waals surface area contributed by atoms with Crippen LogP contribution in [0.3, 0.4) is 0 Å². The molecule has 1 amide bonds. The summed E-state index contributed by atoms with van der Waals surface area (Å²) in [5.41, 5.74) is 5.07. The highest BCUT2D eigenvalue weighted by atomic mass is 32.2. The molecule has 1 aromatic heterocycles.